The predicted molar refractivity (Wildman–Crippen MR) is 50.5 cm³/mol. The molecule has 0 N–H and O–H groups in total. The summed E-state index contributed by atoms with van der Waals surface area (Å²) in [6.45, 7) is 4.39. The van der Waals surface area contributed by atoms with Gasteiger partial charge in [-0.15, -0.1) is 0 Å². The van der Waals surface area contributed by atoms with E-state index in [1.807, 2.05) is 18.3 Å². The fraction of sp³-hybridized carbons (Fsp3) is 0.444. The quantitative estimate of drug-likeness (QED) is 0.737. The lowest BCUT2D eigenvalue weighted by molar-refractivity contribution is 0.633. The molecule has 2 heteroatoms. The number of pyridine rings is 1. The number of aromatic nitrogens is 1. The summed E-state index contributed by atoms with van der Waals surface area (Å²) in [5, 5.41) is 0. The van der Waals surface area contributed by atoms with Crippen molar-refractivity contribution >= 4 is 15.9 Å². The minimum atomic E-state index is 0.668. The summed E-state index contributed by atoms with van der Waals surface area (Å²) < 4.78 is 1.12. The van der Waals surface area contributed by atoms with Crippen LogP contribution in [0.5, 0.6) is 0 Å². The zero-order chi connectivity index (χ0) is 8.27. The van der Waals surface area contributed by atoms with Gasteiger partial charge in [-0.1, -0.05) is 13.8 Å². The maximum atomic E-state index is 4.27. The molecule has 1 rings (SSSR count). The summed E-state index contributed by atoms with van der Waals surface area (Å²) in [5.41, 5.74) is 1.16. The first-order valence-electron chi connectivity index (χ1n) is 3.79. The van der Waals surface area contributed by atoms with Crippen LogP contribution >= 0.6 is 15.9 Å². The molecule has 1 aromatic rings. The molecule has 60 valence electrons. The Bertz CT molecular complexity index is 233. The second-order valence-electron chi connectivity index (χ2n) is 3.03. The highest BCUT2D eigenvalue weighted by Gasteiger charge is 2.01. The van der Waals surface area contributed by atoms with E-state index in [0.29, 0.717) is 5.92 Å². The highest BCUT2D eigenvalue weighted by Crippen LogP contribution is 2.16. The van der Waals surface area contributed by atoms with Crippen LogP contribution in [-0.4, -0.2) is 4.98 Å². The van der Waals surface area contributed by atoms with Gasteiger partial charge in [0.05, 0.1) is 5.69 Å². The van der Waals surface area contributed by atoms with Crippen molar-refractivity contribution in [1.82, 2.24) is 4.98 Å². The Balaban J connectivity index is 2.78. The van der Waals surface area contributed by atoms with E-state index in [1.54, 1.807) is 0 Å². The number of rotatable bonds is 2. The van der Waals surface area contributed by atoms with Crippen molar-refractivity contribution in [3.05, 3.63) is 28.5 Å². The summed E-state index contributed by atoms with van der Waals surface area (Å²) in [6, 6.07) is 3.97. The summed E-state index contributed by atoms with van der Waals surface area (Å²) in [6.07, 6.45) is 2.88. The average Bonchev–Trinajstić information content (AvgIpc) is 1.93. The minimum Gasteiger partial charge on any atom is -0.260 e. The first kappa shape index (κ1) is 8.72. The molecule has 0 aliphatic rings. The maximum Gasteiger partial charge on any atom is 0.0547 e. The van der Waals surface area contributed by atoms with Gasteiger partial charge < -0.3 is 0 Å². The lowest BCUT2D eigenvalue weighted by atomic mass is 10.1. The van der Waals surface area contributed by atoms with Gasteiger partial charge >= 0.3 is 0 Å². The van der Waals surface area contributed by atoms with Crippen LogP contribution in [0, 0.1) is 5.92 Å². The highest BCUT2D eigenvalue weighted by molar-refractivity contribution is 9.10. The van der Waals surface area contributed by atoms with E-state index < -0.39 is 0 Å². The van der Waals surface area contributed by atoms with Gasteiger partial charge in [0.1, 0.15) is 0 Å². The average molecular weight is 214 g/mol. The molecule has 1 heterocycles. The Morgan fingerprint density at radius 2 is 2.27 bits per heavy atom. The van der Waals surface area contributed by atoms with Gasteiger partial charge in [0, 0.05) is 10.7 Å². The van der Waals surface area contributed by atoms with Gasteiger partial charge in [-0.2, -0.15) is 0 Å². The zero-order valence-electron chi connectivity index (χ0n) is 6.84. The van der Waals surface area contributed by atoms with Crippen LogP contribution in [0.4, 0.5) is 0 Å². The van der Waals surface area contributed by atoms with Gasteiger partial charge in [-0.25, -0.2) is 0 Å². The zero-order valence-corrected chi connectivity index (χ0v) is 8.43. The number of nitrogens with zero attached hydrogens (tertiary/aromatic N) is 1. The van der Waals surface area contributed by atoms with Gasteiger partial charge in [0.15, 0.2) is 0 Å². The number of halogens is 1. The topological polar surface area (TPSA) is 12.9 Å². The van der Waals surface area contributed by atoms with E-state index in [-0.39, 0.29) is 0 Å². The molecule has 0 amide bonds. The molecule has 11 heavy (non-hydrogen) atoms. The van der Waals surface area contributed by atoms with Crippen LogP contribution in [0.3, 0.4) is 0 Å². The minimum absolute atomic E-state index is 0.668. The molecular formula is C9H12BrN. The molecule has 0 unspecified atom stereocenters. The molecule has 0 aliphatic heterocycles. The summed E-state index contributed by atoms with van der Waals surface area (Å²) in [5.74, 6) is 0.668. The van der Waals surface area contributed by atoms with Crippen molar-refractivity contribution in [3.8, 4) is 0 Å². The van der Waals surface area contributed by atoms with Gasteiger partial charge in [-0.05, 0) is 40.4 Å². The van der Waals surface area contributed by atoms with E-state index >= 15 is 0 Å². The summed E-state index contributed by atoms with van der Waals surface area (Å²) >= 11 is 3.46. The Morgan fingerprint density at radius 3 is 2.82 bits per heavy atom. The third-order valence-corrected chi connectivity index (χ3v) is 2.16. The first-order valence-corrected chi connectivity index (χ1v) is 4.59. The predicted octanol–water partition coefficient (Wildman–Crippen LogP) is 3.04. The Labute approximate surface area is 76.0 Å². The van der Waals surface area contributed by atoms with Crippen LogP contribution in [0.15, 0.2) is 22.8 Å². The van der Waals surface area contributed by atoms with Crippen LogP contribution in [-0.2, 0) is 6.42 Å². The molecule has 0 aliphatic carbocycles. The van der Waals surface area contributed by atoms with Crippen molar-refractivity contribution in [2.24, 2.45) is 5.92 Å². The van der Waals surface area contributed by atoms with E-state index in [0.717, 1.165) is 16.6 Å². The fourth-order valence-electron chi connectivity index (χ4n) is 0.955. The molecule has 0 saturated carbocycles. The second kappa shape index (κ2) is 3.86. The van der Waals surface area contributed by atoms with Crippen molar-refractivity contribution in [3.63, 3.8) is 0 Å². The SMILES string of the molecule is CC(C)Cc1ncccc1Br. The third kappa shape index (κ3) is 2.62. The second-order valence-corrected chi connectivity index (χ2v) is 3.88. The maximum absolute atomic E-state index is 4.27. The summed E-state index contributed by atoms with van der Waals surface area (Å²) in [4.78, 5) is 4.27. The van der Waals surface area contributed by atoms with E-state index in [4.69, 9.17) is 0 Å². The Kier molecular flexibility index (Phi) is 3.06. The monoisotopic (exact) mass is 213 g/mol. The molecular weight excluding hydrogens is 202 g/mol. The Hall–Kier alpha value is -0.370. The molecule has 1 aromatic heterocycles. The molecule has 0 bridgehead atoms. The molecule has 0 radical (unpaired) electrons. The molecule has 0 atom stereocenters. The Morgan fingerprint density at radius 1 is 1.55 bits per heavy atom. The van der Waals surface area contributed by atoms with Crippen molar-refractivity contribution in [2.45, 2.75) is 20.3 Å². The van der Waals surface area contributed by atoms with Crippen LogP contribution in [0.1, 0.15) is 19.5 Å². The first-order chi connectivity index (χ1) is 5.20. The van der Waals surface area contributed by atoms with Crippen LogP contribution in [0.2, 0.25) is 0 Å². The number of hydrogen-bond donors (Lipinski definition) is 0. The van der Waals surface area contributed by atoms with Crippen LogP contribution in [0.25, 0.3) is 0 Å². The molecule has 1 nitrogen and oxygen atoms in total. The van der Waals surface area contributed by atoms with Gasteiger partial charge in [0.25, 0.3) is 0 Å². The number of hydrogen-bond acceptors (Lipinski definition) is 1. The van der Waals surface area contributed by atoms with E-state index in [1.165, 1.54) is 0 Å². The fourth-order valence-corrected chi connectivity index (χ4v) is 1.37. The largest absolute Gasteiger partial charge is 0.260 e. The van der Waals surface area contributed by atoms with Crippen molar-refractivity contribution < 1.29 is 0 Å². The molecule has 0 spiro atoms. The van der Waals surface area contributed by atoms with Gasteiger partial charge in [0.2, 0.25) is 0 Å². The molecule has 0 aromatic carbocycles. The lowest BCUT2D eigenvalue weighted by Gasteiger charge is -2.04. The smallest absolute Gasteiger partial charge is 0.0547 e. The third-order valence-electron chi connectivity index (χ3n) is 1.44. The van der Waals surface area contributed by atoms with Crippen molar-refractivity contribution in [2.75, 3.05) is 0 Å². The van der Waals surface area contributed by atoms with E-state index in [9.17, 15) is 0 Å². The van der Waals surface area contributed by atoms with Crippen LogP contribution < -0.4 is 0 Å². The van der Waals surface area contributed by atoms with E-state index in [2.05, 4.69) is 34.8 Å². The van der Waals surface area contributed by atoms with Gasteiger partial charge in [-0.3, -0.25) is 4.98 Å². The normalized spacial score (nSPS) is 10.5. The van der Waals surface area contributed by atoms with Crippen molar-refractivity contribution in [1.29, 1.82) is 0 Å². The molecule has 0 fully saturated rings. The standard InChI is InChI=1S/C9H12BrN/c1-7(2)6-9-8(10)4-3-5-11-9/h3-5,7H,6H2,1-2H3. The lowest BCUT2D eigenvalue weighted by Crippen LogP contribution is -1.97. The summed E-state index contributed by atoms with van der Waals surface area (Å²) in [7, 11) is 0. The molecule has 0 saturated heterocycles. The highest BCUT2D eigenvalue weighted by atomic mass is 79.9.